The van der Waals surface area contributed by atoms with E-state index < -0.39 is 37.5 Å². The maximum Gasteiger partial charge on any atom is 0.297 e. The van der Waals surface area contributed by atoms with Crippen LogP contribution in [-0.2, 0) is 24.2 Å². The first-order valence-electron chi connectivity index (χ1n) is 33.1. The summed E-state index contributed by atoms with van der Waals surface area (Å²) in [7, 11) is -2.98. The number of rotatable bonds is 15. The number of hydrogen-bond acceptors (Lipinski definition) is 20. The van der Waals surface area contributed by atoms with E-state index in [1.165, 1.54) is 17.2 Å². The van der Waals surface area contributed by atoms with Gasteiger partial charge < -0.3 is 58.2 Å². The standard InChI is InChI=1S/C68H83N11O12S/c1-41(2)90-59-8-6-5-7-50(59)58-37-75(53-12-11-49(53)45-30-61(85-4)65(70-36-45)76-24-28-88-38-42(76)3)22-23-77(58)47-34-68(35-47)17-20-74(21-18-68)46-9-10-51(55(31-46)78-54-16-27-87-40-62(54)91-67-57(78)29-44-13-19-69-64(44)72-67)66(80)73-92(83,84)48-32-56(79(81)82)63-60(33-48)89-39-52(71-63)43-14-25-86-26-15-43/h5-10,13,19,29-33,36,41-43,47,49,52-54,58,62,71H,11-12,14-18,20-28,34-35,37-40H2,1-4H3,(H,69,72)(H,73,80)/t42-,49-,52-,53+,54-,58-,62-/m0/s1. The summed E-state index contributed by atoms with van der Waals surface area (Å²) in [5.74, 6) is 2.66. The number of H-pyrrole nitrogens is 1. The van der Waals surface area contributed by atoms with Crippen molar-refractivity contribution in [2.24, 2.45) is 11.3 Å². The quantitative estimate of drug-likeness (QED) is 0.0641. The highest BCUT2D eigenvalue weighted by molar-refractivity contribution is 7.90. The maximum absolute atomic E-state index is 15.0. The van der Waals surface area contributed by atoms with Crippen LogP contribution in [0, 0.1) is 21.4 Å². The number of aromatic amines is 1. The van der Waals surface area contributed by atoms with Gasteiger partial charge in [-0.05, 0) is 138 Å². The molecule has 2 saturated carbocycles. The van der Waals surface area contributed by atoms with E-state index in [9.17, 15) is 18.5 Å². The minimum Gasteiger partial charge on any atom is -0.493 e. The third-order valence-electron chi connectivity index (χ3n) is 21.4. The van der Waals surface area contributed by atoms with E-state index >= 15 is 4.79 Å². The Morgan fingerprint density at radius 3 is 2.46 bits per heavy atom. The molecule has 2 aliphatic carbocycles. The molecule has 3 N–H and O–H groups in total. The number of nitrogens with one attached hydrogen (secondary N) is 3. The van der Waals surface area contributed by atoms with E-state index in [0.717, 1.165) is 125 Å². The van der Waals surface area contributed by atoms with Gasteiger partial charge in [-0.3, -0.25) is 24.7 Å². The van der Waals surface area contributed by atoms with E-state index in [-0.39, 0.29) is 71.8 Å². The molecule has 24 heteroatoms. The van der Waals surface area contributed by atoms with Gasteiger partial charge in [0.1, 0.15) is 29.8 Å². The molecule has 488 valence electrons. The van der Waals surface area contributed by atoms with Crippen molar-refractivity contribution in [3.8, 4) is 23.1 Å². The third-order valence-corrected chi connectivity index (χ3v) is 22.7. The van der Waals surface area contributed by atoms with Gasteiger partial charge in [0.25, 0.3) is 21.6 Å². The number of methoxy groups -OCH3 is 1. The van der Waals surface area contributed by atoms with Crippen molar-refractivity contribution in [2.75, 3.05) is 113 Å². The largest absolute Gasteiger partial charge is 0.493 e. The number of carbonyl (C=O) groups excluding carboxylic acids is 1. The Morgan fingerprint density at radius 1 is 0.859 bits per heavy atom. The van der Waals surface area contributed by atoms with Gasteiger partial charge in [0.15, 0.2) is 23.0 Å². The predicted octanol–water partition coefficient (Wildman–Crippen LogP) is 9.35. The molecular formula is C68H83N11O12S. The SMILES string of the molecule is COc1cc([C@@H]2CC[C@H]2N2CCN(C3CC4(CCN(c5ccc(C(=O)NS(=O)(=O)c6cc7c(c([N+](=O)[O-])c6)N[C@H](C6CCOCC6)CO7)c(N6c7cc8cc[nH]c8nc7O[C@H]7COCC[C@@H]76)c5)CC4)C3)[C@H](c3ccccc3OC(C)C)C2)cnc1N1CCOC[C@@H]1C. The molecule has 1 amide bonds. The minimum absolute atomic E-state index is 0.0239. The van der Waals surface area contributed by atoms with Gasteiger partial charge in [-0.1, -0.05) is 18.2 Å². The minimum atomic E-state index is -4.73. The van der Waals surface area contributed by atoms with Crippen LogP contribution in [0.5, 0.6) is 23.1 Å². The number of nitro benzene ring substituents is 1. The van der Waals surface area contributed by atoms with Crippen LogP contribution in [0.15, 0.2) is 90.1 Å². The van der Waals surface area contributed by atoms with Crippen molar-refractivity contribution < 1.29 is 51.3 Å². The average molecular weight is 1280 g/mol. The number of morpholine rings is 1. The number of anilines is 5. The van der Waals surface area contributed by atoms with Gasteiger partial charge in [-0.25, -0.2) is 18.1 Å². The average Bonchev–Trinajstić information content (AvgIpc) is 0.851. The molecule has 23 nitrogen and oxygen atoms in total. The lowest BCUT2D eigenvalue weighted by Gasteiger charge is -2.59. The smallest absolute Gasteiger partial charge is 0.297 e. The summed E-state index contributed by atoms with van der Waals surface area (Å²) in [5, 5.41) is 16.8. The zero-order valence-corrected chi connectivity index (χ0v) is 53.6. The number of benzene rings is 3. The summed E-state index contributed by atoms with van der Waals surface area (Å²) in [6, 6.07) is 23.3. The second kappa shape index (κ2) is 24.8. The van der Waals surface area contributed by atoms with Gasteiger partial charge in [0.05, 0.1) is 78.3 Å². The monoisotopic (exact) mass is 1280 g/mol. The van der Waals surface area contributed by atoms with Crippen molar-refractivity contribution in [3.05, 3.63) is 112 Å². The first kappa shape index (κ1) is 60.7. The summed E-state index contributed by atoms with van der Waals surface area (Å²) in [4.78, 5) is 52.1. The lowest BCUT2D eigenvalue weighted by Crippen LogP contribution is -2.62. The molecule has 9 aliphatic rings. The number of para-hydroxylation sites is 1. The van der Waals surface area contributed by atoms with Crippen LogP contribution in [0.1, 0.15) is 112 Å². The zero-order valence-electron chi connectivity index (χ0n) is 52.8. The molecule has 0 unspecified atom stereocenters. The summed E-state index contributed by atoms with van der Waals surface area (Å²) in [6.07, 6.45) is 12.0. The molecule has 0 bridgehead atoms. The van der Waals surface area contributed by atoms with Gasteiger partial charge >= 0.3 is 0 Å². The predicted molar refractivity (Wildman–Crippen MR) is 347 cm³/mol. The summed E-state index contributed by atoms with van der Waals surface area (Å²) >= 11 is 0. The molecular weight excluding hydrogens is 1190 g/mol. The number of fused-ring (bicyclic) bond motifs is 4. The fraction of sp³-hybridized carbons (Fsp3) is 0.544. The number of aromatic nitrogens is 3. The number of carbonyl (C=O) groups is 1. The Hall–Kier alpha value is -7.48. The van der Waals surface area contributed by atoms with E-state index in [2.05, 4.69) is 96.8 Å². The topological polar surface area (TPSA) is 241 Å². The number of piperidine rings is 1. The Morgan fingerprint density at radius 2 is 1.67 bits per heavy atom. The molecule has 3 aromatic carbocycles. The summed E-state index contributed by atoms with van der Waals surface area (Å²) in [6.45, 7) is 15.0. The second-order valence-electron chi connectivity index (χ2n) is 27.1. The first-order valence-corrected chi connectivity index (χ1v) is 34.6. The summed E-state index contributed by atoms with van der Waals surface area (Å²) in [5.41, 5.74) is 5.03. The fourth-order valence-electron chi connectivity index (χ4n) is 16.4. The highest BCUT2D eigenvalue weighted by Gasteiger charge is 2.52. The van der Waals surface area contributed by atoms with Gasteiger partial charge in [0.2, 0.25) is 5.88 Å². The lowest BCUT2D eigenvalue weighted by atomic mass is 9.59. The van der Waals surface area contributed by atoms with Gasteiger partial charge in [0, 0.05) is 118 Å². The van der Waals surface area contributed by atoms with Gasteiger partial charge in [-0.15, -0.1) is 0 Å². The van der Waals surface area contributed by atoms with Crippen LogP contribution in [0.3, 0.4) is 0 Å². The molecule has 15 rings (SSSR count). The van der Waals surface area contributed by atoms with Crippen LogP contribution in [0.4, 0.5) is 34.3 Å². The zero-order chi connectivity index (χ0) is 63.0. The molecule has 3 aromatic heterocycles. The number of pyridine rings is 2. The van der Waals surface area contributed by atoms with E-state index in [0.29, 0.717) is 80.4 Å². The van der Waals surface area contributed by atoms with E-state index in [1.54, 1.807) is 13.2 Å². The molecule has 1 spiro atoms. The van der Waals surface area contributed by atoms with Crippen molar-refractivity contribution in [3.63, 3.8) is 0 Å². The maximum atomic E-state index is 15.0. The van der Waals surface area contributed by atoms with Gasteiger partial charge in [-0.2, -0.15) is 4.98 Å². The first-order chi connectivity index (χ1) is 44.7. The summed E-state index contributed by atoms with van der Waals surface area (Å²) < 4.78 is 74.0. The Labute approximate surface area is 536 Å². The molecule has 92 heavy (non-hydrogen) atoms. The third kappa shape index (κ3) is 11.4. The molecule has 5 saturated heterocycles. The van der Waals surface area contributed by atoms with E-state index in [4.69, 9.17) is 43.1 Å². The van der Waals surface area contributed by atoms with Crippen LogP contribution in [-0.4, -0.2) is 179 Å². The van der Waals surface area contributed by atoms with Crippen LogP contribution in [0.2, 0.25) is 0 Å². The number of nitro groups is 1. The highest BCUT2D eigenvalue weighted by Crippen LogP contribution is 2.55. The molecule has 7 fully saturated rings. The number of nitrogens with zero attached hydrogens (tertiary/aromatic N) is 8. The van der Waals surface area contributed by atoms with Crippen LogP contribution in [0.25, 0.3) is 11.0 Å². The van der Waals surface area contributed by atoms with Crippen molar-refractivity contribution in [2.45, 2.75) is 138 Å². The number of sulfonamides is 1. The fourth-order valence-corrected chi connectivity index (χ4v) is 17.4. The van der Waals surface area contributed by atoms with Crippen LogP contribution >= 0.6 is 0 Å². The number of piperazine rings is 1. The van der Waals surface area contributed by atoms with Crippen molar-refractivity contribution >= 4 is 61.2 Å². The molecule has 7 atom stereocenters. The molecule has 6 aromatic rings. The molecule has 10 heterocycles. The second-order valence-corrected chi connectivity index (χ2v) is 28.8. The number of hydrogen-bond donors (Lipinski definition) is 3. The molecule has 7 aliphatic heterocycles. The Balaban J connectivity index is 0.684. The highest BCUT2D eigenvalue weighted by atomic mass is 32.2. The van der Waals surface area contributed by atoms with E-state index in [1.807, 2.05) is 30.5 Å². The molecule has 0 radical (unpaired) electrons. The Bertz CT molecular complexity index is 3870. The van der Waals surface area contributed by atoms with Crippen molar-refractivity contribution in [1.29, 1.82) is 0 Å². The van der Waals surface area contributed by atoms with Crippen LogP contribution < -0.4 is 43.7 Å². The number of ether oxygens (including phenoxy) is 7. The normalized spacial score (nSPS) is 26.1. The lowest BCUT2D eigenvalue weighted by molar-refractivity contribution is -0.384. The Kier molecular flexibility index (Phi) is 16.4. The number of amides is 1. The van der Waals surface area contributed by atoms with Crippen molar-refractivity contribution in [1.82, 2.24) is 29.5 Å².